The highest BCUT2D eigenvalue weighted by Crippen LogP contribution is 2.29. The van der Waals surface area contributed by atoms with Crippen LogP contribution in [-0.4, -0.2) is 36.1 Å². The average Bonchev–Trinajstić information content (AvgIpc) is 2.75. The average molecular weight is 332 g/mol. The number of pyridine rings is 1. The molecule has 2 heterocycles. The Morgan fingerprint density at radius 1 is 1.13 bits per heavy atom. The quantitative estimate of drug-likeness (QED) is 0.775. The third-order valence-electron chi connectivity index (χ3n) is 3.29. The highest BCUT2D eigenvalue weighted by atomic mass is 32.2. The number of ether oxygens (including phenoxy) is 1. The van der Waals surface area contributed by atoms with Gasteiger partial charge in [-0.25, -0.2) is 12.7 Å². The number of hydrogen-bond donors (Lipinski definition) is 0. The minimum absolute atomic E-state index is 0.0602. The Balaban J connectivity index is 1.71. The maximum Gasteiger partial charge on any atom is 0.327 e. The van der Waals surface area contributed by atoms with Crippen LogP contribution in [0.4, 0.5) is 0 Å². The summed E-state index contributed by atoms with van der Waals surface area (Å²) in [6.45, 7) is -0.753. The van der Waals surface area contributed by atoms with E-state index in [9.17, 15) is 18.0 Å². The van der Waals surface area contributed by atoms with Crippen LogP contribution in [-0.2, 0) is 26.2 Å². The zero-order valence-corrected chi connectivity index (χ0v) is 12.7. The van der Waals surface area contributed by atoms with E-state index in [0.29, 0.717) is 10.00 Å². The fraction of sp³-hybridized carbons (Fsp3) is 0.133. The Morgan fingerprint density at radius 3 is 2.57 bits per heavy atom. The van der Waals surface area contributed by atoms with Gasteiger partial charge in [-0.15, -0.1) is 0 Å². The van der Waals surface area contributed by atoms with E-state index >= 15 is 0 Å². The first-order valence-corrected chi connectivity index (χ1v) is 8.16. The fourth-order valence-electron chi connectivity index (χ4n) is 2.19. The molecule has 0 bridgehead atoms. The van der Waals surface area contributed by atoms with E-state index in [4.69, 9.17) is 4.74 Å². The van der Waals surface area contributed by atoms with Crippen molar-refractivity contribution in [3.63, 3.8) is 0 Å². The molecular formula is C15H12N2O5S. The second-order valence-electron chi connectivity index (χ2n) is 4.79. The van der Waals surface area contributed by atoms with Gasteiger partial charge in [-0.05, 0) is 24.3 Å². The van der Waals surface area contributed by atoms with E-state index < -0.39 is 28.4 Å². The monoisotopic (exact) mass is 332 g/mol. The molecule has 7 nitrogen and oxygen atoms in total. The molecule has 8 heteroatoms. The summed E-state index contributed by atoms with van der Waals surface area (Å²) in [5.41, 5.74) is 0.588. The number of nitrogens with zero attached hydrogens (tertiary/aromatic N) is 2. The van der Waals surface area contributed by atoms with Crippen LogP contribution in [0, 0.1) is 0 Å². The number of sulfonamides is 1. The normalized spacial score (nSPS) is 15.3. The standard InChI is InChI=1S/C15H12N2O5S/c18-14(22-10-11-5-3-4-8-16-11)9-17-15(19)12-6-1-2-7-13(12)23(17,20)21/h1-8H,9-10H2. The van der Waals surface area contributed by atoms with Gasteiger partial charge in [0.1, 0.15) is 18.0 Å². The Morgan fingerprint density at radius 2 is 1.87 bits per heavy atom. The fourth-order valence-corrected chi connectivity index (χ4v) is 3.70. The molecule has 0 N–H and O–H groups in total. The maximum atomic E-state index is 12.3. The minimum Gasteiger partial charge on any atom is -0.458 e. The molecule has 1 aromatic heterocycles. The van der Waals surface area contributed by atoms with Crippen LogP contribution in [0.25, 0.3) is 0 Å². The second kappa shape index (κ2) is 5.81. The van der Waals surface area contributed by atoms with E-state index in [1.54, 1.807) is 30.5 Å². The summed E-state index contributed by atoms with van der Waals surface area (Å²) in [5, 5.41) is 0. The molecular weight excluding hydrogens is 320 g/mol. The van der Waals surface area contributed by atoms with Gasteiger partial charge in [0.05, 0.1) is 11.3 Å². The molecule has 0 spiro atoms. The molecule has 0 atom stereocenters. The van der Waals surface area contributed by atoms with Crippen LogP contribution in [0.15, 0.2) is 53.6 Å². The molecule has 23 heavy (non-hydrogen) atoms. The lowest BCUT2D eigenvalue weighted by Crippen LogP contribution is -2.35. The van der Waals surface area contributed by atoms with Crippen molar-refractivity contribution in [1.29, 1.82) is 0 Å². The van der Waals surface area contributed by atoms with Gasteiger partial charge in [-0.3, -0.25) is 14.6 Å². The van der Waals surface area contributed by atoms with Gasteiger partial charge in [0, 0.05) is 6.20 Å². The van der Waals surface area contributed by atoms with Crippen molar-refractivity contribution >= 4 is 21.9 Å². The van der Waals surface area contributed by atoms with Gasteiger partial charge < -0.3 is 4.74 Å². The van der Waals surface area contributed by atoms with Crippen LogP contribution < -0.4 is 0 Å². The SMILES string of the molecule is O=C(CN1C(=O)c2ccccc2S1(=O)=O)OCc1ccccn1. The van der Waals surface area contributed by atoms with Crippen molar-refractivity contribution in [1.82, 2.24) is 9.29 Å². The summed E-state index contributed by atoms with van der Waals surface area (Å²) in [4.78, 5) is 27.9. The number of carbonyl (C=O) groups excluding carboxylic acids is 2. The largest absolute Gasteiger partial charge is 0.458 e. The number of fused-ring (bicyclic) bond motifs is 1. The van der Waals surface area contributed by atoms with Gasteiger partial charge in [0.2, 0.25) is 0 Å². The summed E-state index contributed by atoms with van der Waals surface area (Å²) in [6.07, 6.45) is 1.55. The van der Waals surface area contributed by atoms with Crippen LogP contribution in [0.3, 0.4) is 0 Å². The first-order valence-electron chi connectivity index (χ1n) is 6.72. The molecule has 1 amide bonds. The van der Waals surface area contributed by atoms with Gasteiger partial charge in [0.25, 0.3) is 15.9 Å². The first kappa shape index (κ1) is 15.2. The lowest BCUT2D eigenvalue weighted by molar-refractivity contribution is -0.144. The number of esters is 1. The molecule has 0 saturated heterocycles. The van der Waals surface area contributed by atoms with Crippen LogP contribution in [0.1, 0.15) is 16.1 Å². The first-order chi connectivity index (χ1) is 11.0. The maximum absolute atomic E-state index is 12.3. The summed E-state index contributed by atoms with van der Waals surface area (Å²) >= 11 is 0. The summed E-state index contributed by atoms with van der Waals surface area (Å²) in [7, 11) is -4.01. The Bertz CT molecular complexity index is 864. The summed E-state index contributed by atoms with van der Waals surface area (Å²) in [6, 6.07) is 11.0. The Kier molecular flexibility index (Phi) is 3.83. The molecule has 3 rings (SSSR count). The topological polar surface area (TPSA) is 93.6 Å². The van der Waals surface area contributed by atoms with Crippen molar-refractivity contribution in [2.75, 3.05) is 6.54 Å². The third-order valence-corrected chi connectivity index (χ3v) is 5.08. The van der Waals surface area contributed by atoms with Gasteiger partial charge >= 0.3 is 5.97 Å². The highest BCUT2D eigenvalue weighted by molar-refractivity contribution is 7.90. The Hall–Kier alpha value is -2.74. The van der Waals surface area contributed by atoms with Crippen molar-refractivity contribution in [3.05, 3.63) is 59.9 Å². The molecule has 0 aliphatic carbocycles. The highest BCUT2D eigenvalue weighted by Gasteiger charge is 2.42. The zero-order chi connectivity index (χ0) is 16.4. The number of carbonyl (C=O) groups is 2. The van der Waals surface area contributed by atoms with Crippen molar-refractivity contribution in [2.45, 2.75) is 11.5 Å². The van der Waals surface area contributed by atoms with E-state index in [1.807, 2.05) is 0 Å². The summed E-state index contributed by atoms with van der Waals surface area (Å²) < 4.78 is 30.1. The third kappa shape index (κ3) is 2.80. The van der Waals surface area contributed by atoms with E-state index in [2.05, 4.69) is 4.98 Å². The minimum atomic E-state index is -4.01. The van der Waals surface area contributed by atoms with Gasteiger partial charge in [-0.2, -0.15) is 0 Å². The molecule has 118 valence electrons. The predicted octanol–water partition coefficient (Wildman–Crippen LogP) is 0.970. The molecule has 1 aliphatic rings. The van der Waals surface area contributed by atoms with Crippen molar-refractivity contribution in [2.24, 2.45) is 0 Å². The van der Waals surface area contributed by atoms with Gasteiger partial charge in [0.15, 0.2) is 0 Å². The molecule has 2 aromatic rings. The number of benzene rings is 1. The van der Waals surface area contributed by atoms with Crippen LogP contribution >= 0.6 is 0 Å². The number of hydrogen-bond acceptors (Lipinski definition) is 6. The smallest absolute Gasteiger partial charge is 0.327 e. The van der Waals surface area contributed by atoms with Crippen molar-refractivity contribution in [3.8, 4) is 0 Å². The number of aromatic nitrogens is 1. The lowest BCUT2D eigenvalue weighted by Gasteiger charge is -2.14. The molecule has 1 aromatic carbocycles. The molecule has 0 fully saturated rings. The van der Waals surface area contributed by atoms with Crippen molar-refractivity contribution < 1.29 is 22.7 Å². The lowest BCUT2D eigenvalue weighted by atomic mass is 10.2. The number of amides is 1. The summed E-state index contributed by atoms with van der Waals surface area (Å²) in [5.74, 6) is -1.55. The predicted molar refractivity (Wildman–Crippen MR) is 78.7 cm³/mol. The van der Waals surface area contributed by atoms with E-state index in [1.165, 1.54) is 18.2 Å². The molecule has 1 aliphatic heterocycles. The number of rotatable bonds is 4. The van der Waals surface area contributed by atoms with Gasteiger partial charge in [-0.1, -0.05) is 18.2 Å². The van der Waals surface area contributed by atoms with E-state index in [-0.39, 0.29) is 17.1 Å². The molecule has 0 saturated carbocycles. The Labute approximate surface area is 132 Å². The van der Waals surface area contributed by atoms with Crippen LogP contribution in [0.2, 0.25) is 0 Å². The molecule has 0 radical (unpaired) electrons. The second-order valence-corrected chi connectivity index (χ2v) is 6.63. The van der Waals surface area contributed by atoms with E-state index in [0.717, 1.165) is 0 Å². The van der Waals surface area contributed by atoms with Crippen LogP contribution in [0.5, 0.6) is 0 Å². The molecule has 0 unspecified atom stereocenters. The zero-order valence-electron chi connectivity index (χ0n) is 11.9.